The number of oxazole rings is 1. The van der Waals surface area contributed by atoms with Crippen LogP contribution in [0, 0.1) is 5.92 Å². The Labute approximate surface area is 102 Å². The van der Waals surface area contributed by atoms with Crippen LogP contribution in [0.3, 0.4) is 0 Å². The summed E-state index contributed by atoms with van der Waals surface area (Å²) in [4.78, 5) is 4.43. The first-order chi connectivity index (χ1) is 8.24. The normalized spacial score (nSPS) is 13.2. The van der Waals surface area contributed by atoms with Crippen molar-refractivity contribution in [1.82, 2.24) is 4.98 Å². The molecule has 0 aliphatic heterocycles. The lowest BCUT2D eigenvalue weighted by Crippen LogP contribution is -2.25. The zero-order chi connectivity index (χ0) is 12.3. The maximum atomic E-state index is 5.66. The van der Waals surface area contributed by atoms with Gasteiger partial charge >= 0.3 is 0 Å². The van der Waals surface area contributed by atoms with Crippen molar-refractivity contribution in [3.05, 3.63) is 24.3 Å². The van der Waals surface area contributed by atoms with Gasteiger partial charge in [-0.1, -0.05) is 38.8 Å². The molecule has 0 bridgehead atoms. The molecule has 0 aliphatic carbocycles. The van der Waals surface area contributed by atoms with Crippen LogP contribution in [0.5, 0.6) is 0 Å². The van der Waals surface area contributed by atoms with Crippen molar-refractivity contribution < 1.29 is 4.42 Å². The highest BCUT2D eigenvalue weighted by molar-refractivity contribution is 5.74. The molecule has 0 fully saturated rings. The minimum Gasteiger partial charge on any atom is -0.424 e. The van der Waals surface area contributed by atoms with Crippen LogP contribution in [-0.4, -0.2) is 11.0 Å². The lowest BCUT2D eigenvalue weighted by molar-refractivity contribution is 0.428. The molecule has 3 nitrogen and oxygen atoms in total. The summed E-state index contributed by atoms with van der Waals surface area (Å²) < 4.78 is 5.66. The molecule has 1 aromatic carbocycles. The number of aromatic nitrogens is 1. The van der Waals surface area contributed by atoms with Crippen LogP contribution >= 0.6 is 0 Å². The van der Waals surface area contributed by atoms with Crippen LogP contribution in [0.25, 0.3) is 11.1 Å². The summed E-state index contributed by atoms with van der Waals surface area (Å²) in [6.45, 7) is 6.63. The number of nitrogens with zero attached hydrogens (tertiary/aromatic N) is 1. The highest BCUT2D eigenvalue weighted by Crippen LogP contribution is 2.21. The van der Waals surface area contributed by atoms with E-state index in [-0.39, 0.29) is 0 Å². The smallest absolute Gasteiger partial charge is 0.295 e. The van der Waals surface area contributed by atoms with E-state index in [1.807, 2.05) is 24.3 Å². The van der Waals surface area contributed by atoms with Crippen LogP contribution < -0.4 is 5.32 Å². The first-order valence-electron chi connectivity index (χ1n) is 6.36. The van der Waals surface area contributed by atoms with E-state index in [4.69, 9.17) is 4.42 Å². The van der Waals surface area contributed by atoms with Crippen molar-refractivity contribution in [3.8, 4) is 0 Å². The Kier molecular flexibility index (Phi) is 3.67. The van der Waals surface area contributed by atoms with Crippen molar-refractivity contribution in [2.75, 3.05) is 5.32 Å². The summed E-state index contributed by atoms with van der Waals surface area (Å²) in [5.74, 6) is 0.657. The van der Waals surface area contributed by atoms with Crippen molar-refractivity contribution >= 4 is 17.1 Å². The minimum absolute atomic E-state index is 0.387. The van der Waals surface area contributed by atoms with Gasteiger partial charge in [-0.05, 0) is 25.0 Å². The summed E-state index contributed by atoms with van der Waals surface area (Å²) in [6.07, 6.45) is 2.34. The topological polar surface area (TPSA) is 38.1 Å². The number of anilines is 1. The van der Waals surface area contributed by atoms with Gasteiger partial charge in [-0.3, -0.25) is 0 Å². The Morgan fingerprint density at radius 1 is 1.24 bits per heavy atom. The lowest BCUT2D eigenvalue weighted by Gasteiger charge is -2.21. The fourth-order valence-electron chi connectivity index (χ4n) is 2.24. The molecule has 1 aromatic heterocycles. The lowest BCUT2D eigenvalue weighted by atomic mass is 9.96. The highest BCUT2D eigenvalue weighted by Gasteiger charge is 2.15. The van der Waals surface area contributed by atoms with E-state index in [9.17, 15) is 0 Å². The van der Waals surface area contributed by atoms with Gasteiger partial charge in [0.25, 0.3) is 6.01 Å². The maximum absolute atomic E-state index is 5.66. The summed E-state index contributed by atoms with van der Waals surface area (Å²) in [5, 5.41) is 3.36. The number of nitrogens with one attached hydrogen (secondary N) is 1. The van der Waals surface area contributed by atoms with Gasteiger partial charge in [-0.15, -0.1) is 0 Å². The average molecular weight is 232 g/mol. The van der Waals surface area contributed by atoms with Gasteiger partial charge in [-0.25, -0.2) is 0 Å². The van der Waals surface area contributed by atoms with Gasteiger partial charge in [0.1, 0.15) is 5.52 Å². The molecule has 1 unspecified atom stereocenters. The van der Waals surface area contributed by atoms with Crippen LogP contribution in [-0.2, 0) is 0 Å². The second kappa shape index (κ2) is 5.21. The molecule has 0 amide bonds. The number of hydrogen-bond acceptors (Lipinski definition) is 3. The first kappa shape index (κ1) is 12.0. The number of rotatable bonds is 5. The molecule has 3 heteroatoms. The quantitative estimate of drug-likeness (QED) is 0.844. The third-order valence-electron chi connectivity index (χ3n) is 3.40. The van der Waals surface area contributed by atoms with Crippen molar-refractivity contribution in [2.45, 2.75) is 39.7 Å². The molecule has 1 atom stereocenters. The van der Waals surface area contributed by atoms with Crippen molar-refractivity contribution in [2.24, 2.45) is 5.92 Å². The van der Waals surface area contributed by atoms with Gasteiger partial charge in [-0.2, -0.15) is 4.98 Å². The van der Waals surface area contributed by atoms with Gasteiger partial charge in [0.15, 0.2) is 5.58 Å². The number of hydrogen-bond donors (Lipinski definition) is 1. The zero-order valence-electron chi connectivity index (χ0n) is 10.7. The average Bonchev–Trinajstić information content (AvgIpc) is 2.72. The predicted molar refractivity (Wildman–Crippen MR) is 71.2 cm³/mol. The van der Waals surface area contributed by atoms with Gasteiger partial charge in [0, 0.05) is 6.04 Å². The standard InChI is InChI=1S/C14H20N2O/c1-4-11(5-2)10(3)15-14-16-12-8-6-7-9-13(12)17-14/h6-11H,4-5H2,1-3H3,(H,15,16). The van der Waals surface area contributed by atoms with E-state index >= 15 is 0 Å². The molecule has 0 spiro atoms. The highest BCUT2D eigenvalue weighted by atomic mass is 16.4. The Balaban J connectivity index is 2.12. The molecule has 2 rings (SSSR count). The molecule has 0 saturated carbocycles. The summed E-state index contributed by atoms with van der Waals surface area (Å²) >= 11 is 0. The Bertz CT molecular complexity index is 441. The fourth-order valence-corrected chi connectivity index (χ4v) is 2.24. The number of fused-ring (bicyclic) bond motifs is 1. The maximum Gasteiger partial charge on any atom is 0.295 e. The molecule has 92 valence electrons. The largest absolute Gasteiger partial charge is 0.424 e. The zero-order valence-corrected chi connectivity index (χ0v) is 10.7. The van der Waals surface area contributed by atoms with Gasteiger partial charge in [0.2, 0.25) is 0 Å². The SMILES string of the molecule is CCC(CC)C(C)Nc1nc2ccccc2o1. The summed E-state index contributed by atoms with van der Waals surface area (Å²) in [7, 11) is 0. The fraction of sp³-hybridized carbons (Fsp3) is 0.500. The second-order valence-electron chi connectivity index (χ2n) is 4.50. The molecule has 0 saturated heterocycles. The van der Waals surface area contributed by atoms with E-state index < -0.39 is 0 Å². The Hall–Kier alpha value is -1.51. The van der Waals surface area contributed by atoms with Crippen LogP contribution in [0.1, 0.15) is 33.6 Å². The van der Waals surface area contributed by atoms with Gasteiger partial charge < -0.3 is 9.73 Å². The first-order valence-corrected chi connectivity index (χ1v) is 6.36. The monoisotopic (exact) mass is 232 g/mol. The van der Waals surface area contributed by atoms with Crippen molar-refractivity contribution in [1.29, 1.82) is 0 Å². The summed E-state index contributed by atoms with van der Waals surface area (Å²) in [6, 6.07) is 8.85. The van der Waals surface area contributed by atoms with Crippen molar-refractivity contribution in [3.63, 3.8) is 0 Å². The summed E-state index contributed by atoms with van der Waals surface area (Å²) in [5.41, 5.74) is 1.75. The molecular formula is C14H20N2O. The second-order valence-corrected chi connectivity index (χ2v) is 4.50. The van der Waals surface area contributed by atoms with Crippen LogP contribution in [0.4, 0.5) is 6.01 Å². The molecular weight excluding hydrogens is 212 g/mol. The molecule has 0 aliphatic rings. The van der Waals surface area contributed by atoms with Gasteiger partial charge in [0.05, 0.1) is 0 Å². The minimum atomic E-state index is 0.387. The predicted octanol–water partition coefficient (Wildman–Crippen LogP) is 4.06. The van der Waals surface area contributed by atoms with E-state index in [2.05, 4.69) is 31.1 Å². The van der Waals surface area contributed by atoms with Crippen LogP contribution in [0.2, 0.25) is 0 Å². The molecule has 0 radical (unpaired) electrons. The third-order valence-corrected chi connectivity index (χ3v) is 3.40. The van der Waals surface area contributed by atoms with E-state index in [1.54, 1.807) is 0 Å². The Morgan fingerprint density at radius 2 is 1.94 bits per heavy atom. The molecule has 2 aromatic rings. The van der Waals surface area contributed by atoms with E-state index in [0.29, 0.717) is 18.0 Å². The Morgan fingerprint density at radius 3 is 2.59 bits per heavy atom. The molecule has 1 heterocycles. The van der Waals surface area contributed by atoms with E-state index in [0.717, 1.165) is 11.1 Å². The van der Waals surface area contributed by atoms with Crippen LogP contribution in [0.15, 0.2) is 28.7 Å². The molecule has 17 heavy (non-hydrogen) atoms. The third kappa shape index (κ3) is 2.60. The van der Waals surface area contributed by atoms with E-state index in [1.165, 1.54) is 12.8 Å². The number of para-hydroxylation sites is 2. The molecule has 1 N–H and O–H groups in total. The number of benzene rings is 1.